The van der Waals surface area contributed by atoms with Crippen LogP contribution in [-0.4, -0.2) is 13.7 Å². The molecular formula is C19H24N2O2. The Bertz CT molecular complexity index is 627. The van der Waals surface area contributed by atoms with E-state index in [0.29, 0.717) is 13.2 Å². The minimum atomic E-state index is 0.605. The molecule has 0 saturated carbocycles. The molecule has 0 bridgehead atoms. The second kappa shape index (κ2) is 8.86. The van der Waals surface area contributed by atoms with Crippen molar-refractivity contribution in [2.45, 2.75) is 19.9 Å². The Morgan fingerprint density at radius 1 is 1.17 bits per heavy atom. The first kappa shape index (κ1) is 16.9. The summed E-state index contributed by atoms with van der Waals surface area (Å²) in [6.07, 6.45) is 2.61. The van der Waals surface area contributed by atoms with Crippen LogP contribution in [0.15, 0.2) is 55.1 Å². The third kappa shape index (κ3) is 4.76. The first-order valence-corrected chi connectivity index (χ1v) is 7.75. The predicted octanol–water partition coefficient (Wildman–Crippen LogP) is 3.94. The van der Waals surface area contributed by atoms with Crippen LogP contribution in [0.5, 0.6) is 11.5 Å². The molecule has 0 spiro atoms. The number of rotatable bonds is 9. The Morgan fingerprint density at radius 2 is 1.96 bits per heavy atom. The molecule has 4 heteroatoms. The normalized spacial score (nSPS) is 10.2. The maximum atomic E-state index is 5.73. The molecule has 23 heavy (non-hydrogen) atoms. The highest BCUT2D eigenvalue weighted by Gasteiger charge is 2.12. The van der Waals surface area contributed by atoms with E-state index in [1.807, 2.05) is 49.4 Å². The van der Waals surface area contributed by atoms with Gasteiger partial charge in [-0.15, -0.1) is 6.58 Å². The van der Waals surface area contributed by atoms with Gasteiger partial charge < -0.3 is 14.9 Å². The van der Waals surface area contributed by atoms with Gasteiger partial charge in [0.05, 0.1) is 13.7 Å². The summed E-state index contributed by atoms with van der Waals surface area (Å²) in [6, 6.07) is 14.1. The molecule has 2 rings (SSSR count). The van der Waals surface area contributed by atoms with E-state index < -0.39 is 0 Å². The average Bonchev–Trinajstić information content (AvgIpc) is 2.58. The van der Waals surface area contributed by atoms with Gasteiger partial charge in [-0.2, -0.15) is 0 Å². The van der Waals surface area contributed by atoms with Gasteiger partial charge in [0.1, 0.15) is 0 Å². The van der Waals surface area contributed by atoms with Crippen LogP contribution in [0.3, 0.4) is 0 Å². The summed E-state index contributed by atoms with van der Waals surface area (Å²) in [5.74, 6) is 1.55. The average molecular weight is 312 g/mol. The summed E-state index contributed by atoms with van der Waals surface area (Å²) < 4.78 is 11.2. The van der Waals surface area contributed by atoms with Crippen LogP contribution in [0, 0.1) is 0 Å². The summed E-state index contributed by atoms with van der Waals surface area (Å²) in [5.41, 5.74) is 9.62. The Morgan fingerprint density at radius 3 is 2.61 bits per heavy atom. The van der Waals surface area contributed by atoms with Crippen LogP contribution < -0.4 is 20.3 Å². The van der Waals surface area contributed by atoms with Gasteiger partial charge >= 0.3 is 0 Å². The third-order valence-electron chi connectivity index (χ3n) is 3.36. The third-order valence-corrected chi connectivity index (χ3v) is 3.36. The number of ether oxygens (including phenoxy) is 2. The molecule has 0 aliphatic rings. The minimum Gasteiger partial charge on any atom is -0.493 e. The number of nitrogens with one attached hydrogen (secondary N) is 2. The van der Waals surface area contributed by atoms with Crippen LogP contribution in [0.25, 0.3) is 0 Å². The molecule has 0 radical (unpaired) electrons. The highest BCUT2D eigenvalue weighted by Crippen LogP contribution is 2.33. The van der Waals surface area contributed by atoms with E-state index in [1.54, 1.807) is 7.11 Å². The molecule has 0 atom stereocenters. The standard InChI is InChI=1S/C19H24N2O2/c1-4-9-16-12-15(13-18(22-3)19(16)23-5-2)14-20-21-17-10-7-6-8-11-17/h4,6-8,10-13,20-21H,1,5,9,14H2,2-3H3. The maximum Gasteiger partial charge on any atom is 0.164 e. The Balaban J connectivity index is 2.11. The van der Waals surface area contributed by atoms with Gasteiger partial charge in [0, 0.05) is 17.8 Å². The summed E-state index contributed by atoms with van der Waals surface area (Å²) in [7, 11) is 1.66. The number of anilines is 1. The van der Waals surface area contributed by atoms with Gasteiger partial charge in [-0.1, -0.05) is 30.3 Å². The van der Waals surface area contributed by atoms with Crippen molar-refractivity contribution in [3.8, 4) is 11.5 Å². The van der Waals surface area contributed by atoms with Crippen LogP contribution in [-0.2, 0) is 13.0 Å². The van der Waals surface area contributed by atoms with Crippen LogP contribution in [0.4, 0.5) is 5.69 Å². The predicted molar refractivity (Wildman–Crippen MR) is 95.0 cm³/mol. The molecule has 2 aromatic rings. The van der Waals surface area contributed by atoms with E-state index in [1.165, 1.54) is 0 Å². The van der Waals surface area contributed by atoms with Gasteiger partial charge in [0.2, 0.25) is 0 Å². The van der Waals surface area contributed by atoms with Gasteiger partial charge in [-0.25, -0.2) is 5.43 Å². The quantitative estimate of drug-likeness (QED) is 0.544. The first-order valence-electron chi connectivity index (χ1n) is 7.75. The lowest BCUT2D eigenvalue weighted by molar-refractivity contribution is 0.308. The number of hydrogen-bond acceptors (Lipinski definition) is 4. The summed E-state index contributed by atoms with van der Waals surface area (Å²) in [4.78, 5) is 0. The van der Waals surface area contributed by atoms with Crippen molar-refractivity contribution in [2.24, 2.45) is 0 Å². The van der Waals surface area contributed by atoms with Gasteiger partial charge in [0.25, 0.3) is 0 Å². The lowest BCUT2D eigenvalue weighted by Crippen LogP contribution is -2.21. The smallest absolute Gasteiger partial charge is 0.164 e. The first-order chi connectivity index (χ1) is 11.3. The van der Waals surface area contributed by atoms with E-state index in [-0.39, 0.29) is 0 Å². The fourth-order valence-corrected chi connectivity index (χ4v) is 2.36. The molecule has 0 aliphatic heterocycles. The monoisotopic (exact) mass is 312 g/mol. The number of para-hydroxylation sites is 1. The molecular weight excluding hydrogens is 288 g/mol. The highest BCUT2D eigenvalue weighted by atomic mass is 16.5. The van der Waals surface area contributed by atoms with E-state index in [9.17, 15) is 0 Å². The van der Waals surface area contributed by atoms with E-state index in [0.717, 1.165) is 34.7 Å². The summed E-state index contributed by atoms with van der Waals surface area (Å²) >= 11 is 0. The van der Waals surface area contributed by atoms with E-state index >= 15 is 0 Å². The van der Waals surface area contributed by atoms with E-state index in [4.69, 9.17) is 9.47 Å². The lowest BCUT2D eigenvalue weighted by atomic mass is 10.1. The van der Waals surface area contributed by atoms with Crippen molar-refractivity contribution in [2.75, 3.05) is 19.1 Å². The molecule has 0 heterocycles. The Labute approximate surface area is 138 Å². The molecule has 122 valence electrons. The highest BCUT2D eigenvalue weighted by molar-refractivity contribution is 5.50. The Kier molecular flexibility index (Phi) is 6.51. The number of benzene rings is 2. The van der Waals surface area contributed by atoms with E-state index in [2.05, 4.69) is 23.5 Å². The van der Waals surface area contributed by atoms with Crippen LogP contribution in [0.2, 0.25) is 0 Å². The number of hydrazine groups is 1. The summed E-state index contributed by atoms with van der Waals surface area (Å²) in [5, 5.41) is 0. The van der Waals surface area contributed by atoms with Crippen LogP contribution >= 0.6 is 0 Å². The van der Waals surface area contributed by atoms with Crippen molar-refractivity contribution >= 4 is 5.69 Å². The maximum absolute atomic E-state index is 5.73. The molecule has 2 aromatic carbocycles. The second-order valence-electron chi connectivity index (χ2n) is 5.06. The van der Waals surface area contributed by atoms with Crippen molar-refractivity contribution in [3.05, 3.63) is 66.2 Å². The SMILES string of the molecule is C=CCc1cc(CNNc2ccccc2)cc(OC)c1OCC. The van der Waals surface area contributed by atoms with Gasteiger partial charge in [-0.05, 0) is 37.1 Å². The molecule has 0 unspecified atom stereocenters. The Hall–Kier alpha value is -2.46. The molecule has 2 N–H and O–H groups in total. The lowest BCUT2D eigenvalue weighted by Gasteiger charge is -2.16. The van der Waals surface area contributed by atoms with Crippen LogP contribution in [0.1, 0.15) is 18.1 Å². The molecule has 0 aliphatic carbocycles. The van der Waals surface area contributed by atoms with Gasteiger partial charge in [0.15, 0.2) is 11.5 Å². The molecule has 4 nitrogen and oxygen atoms in total. The van der Waals surface area contributed by atoms with Crippen molar-refractivity contribution in [3.63, 3.8) is 0 Å². The molecule has 0 amide bonds. The molecule has 0 aromatic heterocycles. The minimum absolute atomic E-state index is 0.605. The molecule has 0 fully saturated rings. The molecule has 0 saturated heterocycles. The van der Waals surface area contributed by atoms with Crippen molar-refractivity contribution in [1.82, 2.24) is 5.43 Å². The fraction of sp³-hybridized carbons (Fsp3) is 0.263. The van der Waals surface area contributed by atoms with Gasteiger partial charge in [-0.3, -0.25) is 0 Å². The second-order valence-corrected chi connectivity index (χ2v) is 5.06. The number of methoxy groups -OCH3 is 1. The number of hydrogen-bond donors (Lipinski definition) is 2. The zero-order chi connectivity index (χ0) is 16.5. The largest absolute Gasteiger partial charge is 0.493 e. The van der Waals surface area contributed by atoms with Crippen molar-refractivity contribution < 1.29 is 9.47 Å². The zero-order valence-electron chi connectivity index (χ0n) is 13.8. The summed E-state index contributed by atoms with van der Waals surface area (Å²) in [6.45, 7) is 7.06. The fourth-order valence-electron chi connectivity index (χ4n) is 2.36. The number of allylic oxidation sites excluding steroid dienone is 1. The topological polar surface area (TPSA) is 42.5 Å². The zero-order valence-corrected chi connectivity index (χ0v) is 13.8. The van der Waals surface area contributed by atoms with Crippen molar-refractivity contribution in [1.29, 1.82) is 0 Å².